The molecule has 2 aromatic heterocycles. The van der Waals surface area contributed by atoms with Gasteiger partial charge in [-0.05, 0) is 31.4 Å². The molecule has 1 saturated carbocycles. The summed E-state index contributed by atoms with van der Waals surface area (Å²) in [6.07, 6.45) is 8.32. The maximum Gasteiger partial charge on any atom is 0.137 e. The van der Waals surface area contributed by atoms with Gasteiger partial charge in [-0.25, -0.2) is 4.98 Å². The predicted octanol–water partition coefficient (Wildman–Crippen LogP) is 2.61. The van der Waals surface area contributed by atoms with Gasteiger partial charge in [0.25, 0.3) is 0 Å². The van der Waals surface area contributed by atoms with Crippen molar-refractivity contribution >= 4 is 5.65 Å². The third kappa shape index (κ3) is 2.67. The van der Waals surface area contributed by atoms with Crippen molar-refractivity contribution in [2.24, 2.45) is 5.92 Å². The number of rotatable bonds is 5. The number of nitrogens with one attached hydrogen (secondary N) is 1. The topological polar surface area (TPSA) is 29.3 Å². The van der Waals surface area contributed by atoms with Crippen molar-refractivity contribution in [3.05, 3.63) is 36.3 Å². The van der Waals surface area contributed by atoms with Crippen LogP contribution in [0.25, 0.3) is 5.65 Å². The zero-order valence-corrected chi connectivity index (χ0v) is 10.3. The largest absolute Gasteiger partial charge is 0.309 e. The van der Waals surface area contributed by atoms with Gasteiger partial charge in [0.1, 0.15) is 5.65 Å². The van der Waals surface area contributed by atoms with Gasteiger partial charge in [-0.15, -0.1) is 0 Å². The van der Waals surface area contributed by atoms with E-state index in [4.69, 9.17) is 0 Å². The second-order valence-corrected chi connectivity index (χ2v) is 5.16. The molecule has 0 radical (unpaired) electrons. The first-order valence-corrected chi connectivity index (χ1v) is 6.47. The first kappa shape index (κ1) is 10.8. The summed E-state index contributed by atoms with van der Waals surface area (Å²) in [5.41, 5.74) is 2.15. The fourth-order valence-electron chi connectivity index (χ4n) is 2.29. The highest BCUT2D eigenvalue weighted by atomic mass is 15.0. The zero-order chi connectivity index (χ0) is 11.7. The third-order valence-electron chi connectivity index (χ3n) is 3.43. The van der Waals surface area contributed by atoms with Crippen LogP contribution in [0.1, 0.15) is 31.9 Å². The normalized spacial score (nSPS) is 17.5. The molecule has 3 rings (SSSR count). The minimum atomic E-state index is 0.604. The summed E-state index contributed by atoms with van der Waals surface area (Å²) in [7, 11) is 0. The van der Waals surface area contributed by atoms with E-state index in [2.05, 4.69) is 27.8 Å². The lowest BCUT2D eigenvalue weighted by molar-refractivity contribution is 0.485. The van der Waals surface area contributed by atoms with Gasteiger partial charge >= 0.3 is 0 Å². The van der Waals surface area contributed by atoms with Crippen LogP contribution in [0.15, 0.2) is 30.6 Å². The van der Waals surface area contributed by atoms with E-state index in [1.807, 2.05) is 24.4 Å². The molecular formula is C14H19N3. The van der Waals surface area contributed by atoms with Crippen LogP contribution in [0.3, 0.4) is 0 Å². The monoisotopic (exact) mass is 229 g/mol. The lowest BCUT2D eigenvalue weighted by Gasteiger charge is -2.11. The number of imidazole rings is 1. The second-order valence-electron chi connectivity index (χ2n) is 5.16. The zero-order valence-electron chi connectivity index (χ0n) is 10.3. The smallest absolute Gasteiger partial charge is 0.137 e. The van der Waals surface area contributed by atoms with E-state index in [1.165, 1.54) is 19.3 Å². The molecule has 90 valence electrons. The first-order valence-electron chi connectivity index (χ1n) is 6.47. The van der Waals surface area contributed by atoms with Crippen molar-refractivity contribution in [2.45, 2.75) is 38.8 Å². The molecule has 2 heterocycles. The van der Waals surface area contributed by atoms with Crippen LogP contribution >= 0.6 is 0 Å². The SMILES string of the molecule is CC(CC1CC1)NCc1cn2ccccc2n1. The van der Waals surface area contributed by atoms with Gasteiger partial charge in [0, 0.05) is 25.0 Å². The van der Waals surface area contributed by atoms with Crippen LogP contribution in [0.5, 0.6) is 0 Å². The Bertz CT molecular complexity index is 466. The van der Waals surface area contributed by atoms with Gasteiger partial charge in [-0.1, -0.05) is 18.9 Å². The lowest BCUT2D eigenvalue weighted by atomic mass is 10.1. The Labute approximate surface area is 102 Å². The molecule has 1 unspecified atom stereocenters. The Morgan fingerprint density at radius 3 is 3.12 bits per heavy atom. The van der Waals surface area contributed by atoms with Gasteiger partial charge in [0.15, 0.2) is 0 Å². The van der Waals surface area contributed by atoms with Crippen LogP contribution in [-0.4, -0.2) is 15.4 Å². The van der Waals surface area contributed by atoms with Gasteiger partial charge in [-0.3, -0.25) is 0 Å². The van der Waals surface area contributed by atoms with Crippen LogP contribution in [0, 0.1) is 5.92 Å². The fraction of sp³-hybridized carbons (Fsp3) is 0.500. The average molecular weight is 229 g/mol. The molecule has 0 amide bonds. The Kier molecular flexibility index (Phi) is 2.85. The van der Waals surface area contributed by atoms with E-state index in [1.54, 1.807) is 0 Å². The fourth-order valence-corrected chi connectivity index (χ4v) is 2.29. The Hall–Kier alpha value is -1.35. The van der Waals surface area contributed by atoms with Gasteiger partial charge in [0.05, 0.1) is 5.69 Å². The number of hydrogen-bond acceptors (Lipinski definition) is 2. The molecule has 0 spiro atoms. The lowest BCUT2D eigenvalue weighted by Crippen LogP contribution is -2.26. The summed E-state index contributed by atoms with van der Waals surface area (Å²) >= 11 is 0. The van der Waals surface area contributed by atoms with Crippen LogP contribution in [0.4, 0.5) is 0 Å². The molecular weight excluding hydrogens is 210 g/mol. The maximum atomic E-state index is 4.58. The molecule has 1 atom stereocenters. The highest BCUT2D eigenvalue weighted by Gasteiger charge is 2.23. The first-order chi connectivity index (χ1) is 8.31. The number of nitrogens with zero attached hydrogens (tertiary/aromatic N) is 2. The highest BCUT2D eigenvalue weighted by molar-refractivity contribution is 5.39. The minimum Gasteiger partial charge on any atom is -0.309 e. The van der Waals surface area contributed by atoms with Crippen LogP contribution < -0.4 is 5.32 Å². The van der Waals surface area contributed by atoms with Gasteiger partial charge in [0.2, 0.25) is 0 Å². The van der Waals surface area contributed by atoms with Crippen molar-refractivity contribution in [1.82, 2.24) is 14.7 Å². The Morgan fingerprint density at radius 1 is 1.47 bits per heavy atom. The summed E-state index contributed by atoms with van der Waals surface area (Å²) in [5, 5.41) is 3.56. The molecule has 0 aliphatic heterocycles. The van der Waals surface area contributed by atoms with Crippen molar-refractivity contribution in [2.75, 3.05) is 0 Å². The Morgan fingerprint density at radius 2 is 2.35 bits per heavy atom. The number of fused-ring (bicyclic) bond motifs is 1. The van der Waals surface area contributed by atoms with Crippen molar-refractivity contribution in [3.63, 3.8) is 0 Å². The van der Waals surface area contributed by atoms with E-state index in [0.717, 1.165) is 23.8 Å². The molecule has 1 fully saturated rings. The van der Waals surface area contributed by atoms with E-state index in [9.17, 15) is 0 Å². The molecule has 2 aromatic rings. The molecule has 3 heteroatoms. The van der Waals surface area contributed by atoms with E-state index >= 15 is 0 Å². The summed E-state index contributed by atoms with van der Waals surface area (Å²) in [4.78, 5) is 4.58. The molecule has 17 heavy (non-hydrogen) atoms. The quantitative estimate of drug-likeness (QED) is 0.854. The molecule has 0 aromatic carbocycles. The molecule has 0 saturated heterocycles. The van der Waals surface area contributed by atoms with E-state index < -0.39 is 0 Å². The number of hydrogen-bond donors (Lipinski definition) is 1. The maximum absolute atomic E-state index is 4.58. The molecule has 1 aliphatic carbocycles. The standard InChI is InChI=1S/C14H19N3/c1-11(8-12-5-6-12)15-9-13-10-17-7-3-2-4-14(17)16-13/h2-4,7,10-12,15H,5-6,8-9H2,1H3. The molecule has 3 nitrogen and oxygen atoms in total. The van der Waals surface area contributed by atoms with Crippen molar-refractivity contribution in [3.8, 4) is 0 Å². The van der Waals surface area contributed by atoms with Crippen molar-refractivity contribution < 1.29 is 0 Å². The van der Waals surface area contributed by atoms with Crippen molar-refractivity contribution in [1.29, 1.82) is 0 Å². The Balaban J connectivity index is 1.60. The second kappa shape index (κ2) is 4.49. The van der Waals surface area contributed by atoms with Gasteiger partial charge in [-0.2, -0.15) is 0 Å². The van der Waals surface area contributed by atoms with Crippen LogP contribution in [0.2, 0.25) is 0 Å². The molecule has 1 N–H and O–H groups in total. The van der Waals surface area contributed by atoms with Crippen LogP contribution in [-0.2, 0) is 6.54 Å². The van der Waals surface area contributed by atoms with Gasteiger partial charge < -0.3 is 9.72 Å². The highest BCUT2D eigenvalue weighted by Crippen LogP contribution is 2.33. The molecule has 0 bridgehead atoms. The number of pyridine rings is 1. The predicted molar refractivity (Wildman–Crippen MR) is 68.8 cm³/mol. The molecule has 1 aliphatic rings. The van der Waals surface area contributed by atoms with E-state index in [0.29, 0.717) is 6.04 Å². The summed E-state index contributed by atoms with van der Waals surface area (Å²) in [5.74, 6) is 0.985. The minimum absolute atomic E-state index is 0.604. The summed E-state index contributed by atoms with van der Waals surface area (Å²) in [6.45, 7) is 3.14. The summed E-state index contributed by atoms with van der Waals surface area (Å²) in [6, 6.07) is 6.70. The third-order valence-corrected chi connectivity index (χ3v) is 3.43. The number of aromatic nitrogens is 2. The summed E-state index contributed by atoms with van der Waals surface area (Å²) < 4.78 is 2.07. The van der Waals surface area contributed by atoms with E-state index in [-0.39, 0.29) is 0 Å². The average Bonchev–Trinajstić information content (AvgIpc) is 3.03.